The Kier molecular flexibility index (Phi) is 4.16. The molecular weight excluding hydrogens is 314 g/mol. The zero-order chi connectivity index (χ0) is 16.6. The Bertz CT molecular complexity index is 736. The summed E-state index contributed by atoms with van der Waals surface area (Å²) in [7, 11) is 5.27. The van der Waals surface area contributed by atoms with E-state index in [0.29, 0.717) is 18.7 Å². The molecule has 0 spiro atoms. The van der Waals surface area contributed by atoms with Gasteiger partial charge < -0.3 is 9.80 Å². The minimum Gasteiger partial charge on any atom is -0.347 e. The lowest BCUT2D eigenvalue weighted by molar-refractivity contribution is -0.132. The highest BCUT2D eigenvalue weighted by atomic mass is 32.1. The van der Waals surface area contributed by atoms with Crippen molar-refractivity contribution >= 4 is 23.2 Å². The summed E-state index contributed by atoms with van der Waals surface area (Å²) in [5, 5.41) is 6.63. The Morgan fingerprint density at radius 1 is 1.39 bits per heavy atom. The minimum atomic E-state index is -0.374. The number of likely N-dealkylation sites (N-methyl/N-ethyl adjacent to an activating group) is 1. The average Bonchev–Trinajstić information content (AvgIpc) is 3.25. The molecule has 2 aromatic heterocycles. The molecule has 0 aliphatic carbocycles. The zero-order valence-corrected chi connectivity index (χ0v) is 14.2. The van der Waals surface area contributed by atoms with Gasteiger partial charge in [-0.3, -0.25) is 14.3 Å². The van der Waals surface area contributed by atoms with E-state index in [2.05, 4.69) is 10.1 Å². The molecule has 1 fully saturated rings. The van der Waals surface area contributed by atoms with E-state index in [9.17, 15) is 9.59 Å². The standard InChI is InChI=1S/C15H19N5O2S/c1-18(2)15(22)12-5-4-6-20(12)14(21)11-9-23-13(17-11)10-7-16-19(3)8-10/h7-9,12H,4-6H2,1-3H3. The van der Waals surface area contributed by atoms with Crippen LogP contribution in [0.3, 0.4) is 0 Å². The Labute approximate surface area is 138 Å². The summed E-state index contributed by atoms with van der Waals surface area (Å²) in [6.07, 6.45) is 5.14. The van der Waals surface area contributed by atoms with Crippen LogP contribution in [0.4, 0.5) is 0 Å². The molecule has 0 radical (unpaired) electrons. The highest BCUT2D eigenvalue weighted by Crippen LogP contribution is 2.26. The number of rotatable bonds is 3. The summed E-state index contributed by atoms with van der Waals surface area (Å²) >= 11 is 1.41. The summed E-state index contributed by atoms with van der Waals surface area (Å²) < 4.78 is 1.70. The Balaban J connectivity index is 1.80. The molecule has 1 aliphatic heterocycles. The molecule has 3 rings (SSSR count). The number of likely N-dealkylation sites (tertiary alicyclic amines) is 1. The summed E-state index contributed by atoms with van der Waals surface area (Å²) in [5.41, 5.74) is 1.28. The van der Waals surface area contributed by atoms with Gasteiger partial charge in [0.1, 0.15) is 16.7 Å². The van der Waals surface area contributed by atoms with Gasteiger partial charge in [0.15, 0.2) is 0 Å². The van der Waals surface area contributed by atoms with Crippen molar-refractivity contribution in [2.75, 3.05) is 20.6 Å². The van der Waals surface area contributed by atoms with Crippen molar-refractivity contribution in [3.63, 3.8) is 0 Å². The predicted octanol–water partition coefficient (Wildman–Crippen LogP) is 1.24. The van der Waals surface area contributed by atoms with Gasteiger partial charge in [0, 0.05) is 44.8 Å². The van der Waals surface area contributed by atoms with E-state index >= 15 is 0 Å². The quantitative estimate of drug-likeness (QED) is 0.847. The maximum absolute atomic E-state index is 12.7. The van der Waals surface area contributed by atoms with Crippen LogP contribution in [-0.2, 0) is 11.8 Å². The van der Waals surface area contributed by atoms with Gasteiger partial charge in [-0.25, -0.2) is 4.98 Å². The molecular formula is C15H19N5O2S. The highest BCUT2D eigenvalue weighted by molar-refractivity contribution is 7.13. The Morgan fingerprint density at radius 2 is 2.17 bits per heavy atom. The fourth-order valence-corrected chi connectivity index (χ4v) is 3.52. The lowest BCUT2D eigenvalue weighted by Gasteiger charge is -2.25. The molecule has 7 nitrogen and oxygen atoms in total. The third-order valence-corrected chi connectivity index (χ3v) is 4.81. The highest BCUT2D eigenvalue weighted by Gasteiger charge is 2.36. The Hall–Kier alpha value is -2.22. The van der Waals surface area contributed by atoms with Crippen molar-refractivity contribution in [1.29, 1.82) is 0 Å². The second kappa shape index (κ2) is 6.11. The second-order valence-electron chi connectivity index (χ2n) is 5.83. The predicted molar refractivity (Wildman–Crippen MR) is 87.1 cm³/mol. The molecule has 122 valence electrons. The number of hydrogen-bond donors (Lipinski definition) is 0. The van der Waals surface area contributed by atoms with Gasteiger partial charge in [-0.15, -0.1) is 11.3 Å². The topological polar surface area (TPSA) is 71.3 Å². The molecule has 1 unspecified atom stereocenters. The van der Waals surface area contributed by atoms with Gasteiger partial charge in [0.25, 0.3) is 5.91 Å². The molecule has 2 aromatic rings. The van der Waals surface area contributed by atoms with Crippen molar-refractivity contribution in [1.82, 2.24) is 24.6 Å². The summed E-state index contributed by atoms with van der Waals surface area (Å²) in [5.74, 6) is -0.201. The fourth-order valence-electron chi connectivity index (χ4n) is 2.75. The summed E-state index contributed by atoms with van der Waals surface area (Å²) in [4.78, 5) is 32.5. The number of amides is 2. The van der Waals surface area contributed by atoms with E-state index in [1.54, 1.807) is 40.2 Å². The van der Waals surface area contributed by atoms with Crippen LogP contribution in [0.25, 0.3) is 10.6 Å². The van der Waals surface area contributed by atoms with Crippen LogP contribution in [-0.4, -0.2) is 63.1 Å². The van der Waals surface area contributed by atoms with E-state index in [1.165, 1.54) is 11.3 Å². The van der Waals surface area contributed by atoms with Crippen molar-refractivity contribution in [2.45, 2.75) is 18.9 Å². The molecule has 1 atom stereocenters. The van der Waals surface area contributed by atoms with Crippen molar-refractivity contribution in [3.8, 4) is 10.6 Å². The molecule has 0 bridgehead atoms. The van der Waals surface area contributed by atoms with Gasteiger partial charge in [-0.05, 0) is 12.8 Å². The van der Waals surface area contributed by atoms with Crippen LogP contribution in [0.15, 0.2) is 17.8 Å². The number of nitrogens with zero attached hydrogens (tertiary/aromatic N) is 5. The van der Waals surface area contributed by atoms with E-state index in [-0.39, 0.29) is 17.9 Å². The first-order chi connectivity index (χ1) is 11.0. The van der Waals surface area contributed by atoms with E-state index < -0.39 is 0 Å². The maximum atomic E-state index is 12.7. The van der Waals surface area contributed by atoms with E-state index in [0.717, 1.165) is 17.0 Å². The smallest absolute Gasteiger partial charge is 0.274 e. The van der Waals surface area contributed by atoms with E-state index in [1.807, 2.05) is 13.2 Å². The van der Waals surface area contributed by atoms with Crippen molar-refractivity contribution < 1.29 is 9.59 Å². The van der Waals surface area contributed by atoms with Crippen molar-refractivity contribution in [2.24, 2.45) is 7.05 Å². The largest absolute Gasteiger partial charge is 0.347 e. The van der Waals surface area contributed by atoms with Gasteiger partial charge in [-0.2, -0.15) is 5.10 Å². The van der Waals surface area contributed by atoms with Gasteiger partial charge >= 0.3 is 0 Å². The van der Waals surface area contributed by atoms with Crippen LogP contribution in [0, 0.1) is 0 Å². The number of aryl methyl sites for hydroxylation is 1. The first-order valence-electron chi connectivity index (χ1n) is 7.44. The second-order valence-corrected chi connectivity index (χ2v) is 6.69. The van der Waals surface area contributed by atoms with Gasteiger partial charge in [-0.1, -0.05) is 0 Å². The third kappa shape index (κ3) is 2.98. The average molecular weight is 333 g/mol. The first kappa shape index (κ1) is 15.7. The molecule has 0 aromatic carbocycles. The number of aromatic nitrogens is 3. The lowest BCUT2D eigenvalue weighted by Crippen LogP contribution is -2.45. The van der Waals surface area contributed by atoms with Crippen LogP contribution in [0.2, 0.25) is 0 Å². The van der Waals surface area contributed by atoms with Crippen LogP contribution < -0.4 is 0 Å². The minimum absolute atomic E-state index is 0.0291. The van der Waals surface area contributed by atoms with Crippen LogP contribution in [0.5, 0.6) is 0 Å². The SMILES string of the molecule is CN(C)C(=O)C1CCCN1C(=O)c1csc(-c2cnn(C)c2)n1. The van der Waals surface area contributed by atoms with Crippen LogP contribution in [0.1, 0.15) is 23.3 Å². The third-order valence-electron chi connectivity index (χ3n) is 3.91. The maximum Gasteiger partial charge on any atom is 0.274 e. The molecule has 2 amide bonds. The van der Waals surface area contributed by atoms with Crippen molar-refractivity contribution in [3.05, 3.63) is 23.5 Å². The normalized spacial score (nSPS) is 17.5. The lowest BCUT2D eigenvalue weighted by atomic mass is 10.2. The Morgan fingerprint density at radius 3 is 2.83 bits per heavy atom. The molecule has 0 N–H and O–H groups in total. The number of carbonyl (C=O) groups excluding carboxylic acids is 2. The number of hydrogen-bond acceptors (Lipinski definition) is 5. The zero-order valence-electron chi connectivity index (χ0n) is 13.4. The summed E-state index contributed by atoms with van der Waals surface area (Å²) in [6, 6.07) is -0.374. The molecule has 0 saturated carbocycles. The van der Waals surface area contributed by atoms with Gasteiger partial charge in [0.05, 0.1) is 6.20 Å². The molecule has 23 heavy (non-hydrogen) atoms. The molecule has 3 heterocycles. The molecule has 1 aliphatic rings. The fraction of sp³-hybridized carbons (Fsp3) is 0.467. The molecule has 1 saturated heterocycles. The monoisotopic (exact) mass is 333 g/mol. The number of carbonyl (C=O) groups is 2. The van der Waals surface area contributed by atoms with E-state index in [4.69, 9.17) is 0 Å². The van der Waals surface area contributed by atoms with Gasteiger partial charge in [0.2, 0.25) is 5.91 Å². The summed E-state index contributed by atoms with van der Waals surface area (Å²) in [6.45, 7) is 0.600. The van der Waals surface area contributed by atoms with Crippen LogP contribution >= 0.6 is 11.3 Å². The number of thiazole rings is 1. The first-order valence-corrected chi connectivity index (χ1v) is 8.32. The molecule has 8 heteroatoms.